The first-order valence-corrected chi connectivity index (χ1v) is 7.94. The minimum Gasteiger partial charge on any atom is -0.474 e. The second-order valence-corrected chi connectivity index (χ2v) is 6.74. The quantitative estimate of drug-likeness (QED) is 0.812. The molecule has 6 nitrogen and oxygen atoms in total. The second kappa shape index (κ2) is 7.47. The Labute approximate surface area is 144 Å². The van der Waals surface area contributed by atoms with Gasteiger partial charge in [0.1, 0.15) is 6.61 Å². The van der Waals surface area contributed by atoms with Gasteiger partial charge >= 0.3 is 6.36 Å². The van der Waals surface area contributed by atoms with Crippen LogP contribution in [-0.4, -0.2) is 43.0 Å². The Bertz CT molecular complexity index is 608. The first-order valence-electron chi connectivity index (χ1n) is 7.94. The molecule has 1 aliphatic rings. The second-order valence-electron chi connectivity index (χ2n) is 6.74. The van der Waals surface area contributed by atoms with Crippen LogP contribution in [0, 0.1) is 11.3 Å². The van der Waals surface area contributed by atoms with Crippen molar-refractivity contribution in [1.29, 1.82) is 0 Å². The van der Waals surface area contributed by atoms with Crippen molar-refractivity contribution in [3.8, 4) is 11.6 Å². The molecule has 0 saturated carbocycles. The standard InChI is InChI=1S/C16H22F3N3O3/c1-10-7-20-8-11(10)22-14(23)15(2,3)9-24-13-12(5-4-6-21-13)25-16(17,18)19/h4-6,10-11,20H,7-9H2,1-3H3,(H,22,23). The Kier molecular flexibility index (Phi) is 5.76. The van der Waals surface area contributed by atoms with Crippen LogP contribution in [0.15, 0.2) is 18.3 Å². The highest BCUT2D eigenvalue weighted by molar-refractivity contribution is 5.82. The fourth-order valence-electron chi connectivity index (χ4n) is 2.37. The third-order valence-corrected chi connectivity index (χ3v) is 3.98. The first kappa shape index (κ1) is 19.3. The number of pyridine rings is 1. The van der Waals surface area contributed by atoms with Crippen LogP contribution in [0.5, 0.6) is 11.6 Å². The zero-order valence-electron chi connectivity index (χ0n) is 14.3. The molecule has 9 heteroatoms. The number of alkyl halides is 3. The van der Waals surface area contributed by atoms with E-state index in [1.54, 1.807) is 13.8 Å². The van der Waals surface area contributed by atoms with Crippen molar-refractivity contribution < 1.29 is 27.4 Å². The average molecular weight is 361 g/mol. The minimum atomic E-state index is -4.85. The number of rotatable bonds is 6. The van der Waals surface area contributed by atoms with E-state index in [9.17, 15) is 18.0 Å². The number of amides is 1. The summed E-state index contributed by atoms with van der Waals surface area (Å²) in [5, 5.41) is 6.13. The summed E-state index contributed by atoms with van der Waals surface area (Å²) in [6.07, 6.45) is -3.56. The lowest BCUT2D eigenvalue weighted by molar-refractivity contribution is -0.275. The number of nitrogens with one attached hydrogen (secondary N) is 2. The number of hydrogen-bond donors (Lipinski definition) is 2. The fraction of sp³-hybridized carbons (Fsp3) is 0.625. The van der Waals surface area contributed by atoms with E-state index < -0.39 is 17.5 Å². The zero-order chi connectivity index (χ0) is 18.7. The zero-order valence-corrected chi connectivity index (χ0v) is 14.3. The SMILES string of the molecule is CC1CNCC1NC(=O)C(C)(C)COc1ncccc1OC(F)(F)F. The molecule has 140 valence electrons. The van der Waals surface area contributed by atoms with Gasteiger partial charge in [-0.15, -0.1) is 13.2 Å². The molecule has 0 bridgehead atoms. The summed E-state index contributed by atoms with van der Waals surface area (Å²) >= 11 is 0. The first-order chi connectivity index (χ1) is 11.6. The van der Waals surface area contributed by atoms with Gasteiger partial charge in [-0.1, -0.05) is 6.92 Å². The van der Waals surface area contributed by atoms with Crippen LogP contribution in [0.4, 0.5) is 13.2 Å². The van der Waals surface area contributed by atoms with E-state index in [0.717, 1.165) is 12.6 Å². The molecule has 2 N–H and O–H groups in total. The molecule has 0 aliphatic carbocycles. The summed E-state index contributed by atoms with van der Waals surface area (Å²) in [7, 11) is 0. The molecule has 0 radical (unpaired) electrons. The predicted octanol–water partition coefficient (Wildman–Crippen LogP) is 2.11. The van der Waals surface area contributed by atoms with E-state index in [2.05, 4.69) is 20.4 Å². The summed E-state index contributed by atoms with van der Waals surface area (Å²) in [5.74, 6) is -0.776. The number of ether oxygens (including phenoxy) is 2. The number of nitrogens with zero attached hydrogens (tertiary/aromatic N) is 1. The monoisotopic (exact) mass is 361 g/mol. The van der Waals surface area contributed by atoms with Crippen molar-refractivity contribution >= 4 is 5.91 Å². The molecule has 0 spiro atoms. The van der Waals surface area contributed by atoms with Crippen molar-refractivity contribution in [3.63, 3.8) is 0 Å². The third kappa shape index (κ3) is 5.48. The molecule has 2 unspecified atom stereocenters. The van der Waals surface area contributed by atoms with Gasteiger partial charge in [0.05, 0.1) is 5.41 Å². The number of carbonyl (C=O) groups excluding carboxylic acids is 1. The predicted molar refractivity (Wildman–Crippen MR) is 84.2 cm³/mol. The Hall–Kier alpha value is -2.03. The van der Waals surface area contributed by atoms with Gasteiger partial charge in [0.2, 0.25) is 5.91 Å². The molecule has 0 aromatic carbocycles. The topological polar surface area (TPSA) is 72.5 Å². The molecule has 1 fully saturated rings. The molecule has 2 heterocycles. The highest BCUT2D eigenvalue weighted by Gasteiger charge is 2.35. The van der Waals surface area contributed by atoms with E-state index >= 15 is 0 Å². The van der Waals surface area contributed by atoms with Crippen LogP contribution in [0.3, 0.4) is 0 Å². The van der Waals surface area contributed by atoms with Gasteiger partial charge in [-0.25, -0.2) is 4.98 Å². The van der Waals surface area contributed by atoms with Gasteiger partial charge < -0.3 is 20.1 Å². The van der Waals surface area contributed by atoms with Gasteiger partial charge in [0.25, 0.3) is 5.88 Å². The number of hydrogen-bond acceptors (Lipinski definition) is 5. The molecule has 2 rings (SSSR count). The smallest absolute Gasteiger partial charge is 0.474 e. The van der Waals surface area contributed by atoms with E-state index in [1.165, 1.54) is 12.3 Å². The van der Waals surface area contributed by atoms with Crippen molar-refractivity contribution in [2.45, 2.75) is 33.2 Å². The molecule has 2 atom stereocenters. The molecule has 1 aromatic rings. The van der Waals surface area contributed by atoms with Crippen LogP contribution in [-0.2, 0) is 4.79 Å². The van der Waals surface area contributed by atoms with Gasteiger partial charge in [0.15, 0.2) is 5.75 Å². The number of carbonyl (C=O) groups is 1. The van der Waals surface area contributed by atoms with Gasteiger partial charge in [-0.3, -0.25) is 4.79 Å². The Morgan fingerprint density at radius 2 is 2.12 bits per heavy atom. The van der Waals surface area contributed by atoms with E-state index in [4.69, 9.17) is 4.74 Å². The minimum absolute atomic E-state index is 0.0192. The van der Waals surface area contributed by atoms with Gasteiger partial charge in [-0.2, -0.15) is 0 Å². The van der Waals surface area contributed by atoms with Crippen molar-refractivity contribution in [3.05, 3.63) is 18.3 Å². The number of aromatic nitrogens is 1. The summed E-state index contributed by atoms with van der Waals surface area (Å²) < 4.78 is 46.5. The van der Waals surface area contributed by atoms with Crippen LogP contribution in [0.1, 0.15) is 20.8 Å². The maximum Gasteiger partial charge on any atom is 0.573 e. The van der Waals surface area contributed by atoms with Crippen molar-refractivity contribution in [1.82, 2.24) is 15.6 Å². The van der Waals surface area contributed by atoms with Crippen LogP contribution >= 0.6 is 0 Å². The summed E-state index contributed by atoms with van der Waals surface area (Å²) in [5.41, 5.74) is -0.949. The fourth-order valence-corrected chi connectivity index (χ4v) is 2.37. The van der Waals surface area contributed by atoms with E-state index in [0.29, 0.717) is 12.5 Å². The molecule has 1 aliphatic heterocycles. The van der Waals surface area contributed by atoms with Gasteiger partial charge in [-0.05, 0) is 38.4 Å². The maximum absolute atomic E-state index is 12.5. The normalized spacial score (nSPS) is 21.0. The summed E-state index contributed by atoms with van der Waals surface area (Å²) in [4.78, 5) is 16.2. The van der Waals surface area contributed by atoms with Crippen LogP contribution < -0.4 is 20.1 Å². The Morgan fingerprint density at radius 3 is 2.72 bits per heavy atom. The molecule has 1 saturated heterocycles. The van der Waals surface area contributed by atoms with E-state index in [-0.39, 0.29) is 24.4 Å². The largest absolute Gasteiger partial charge is 0.573 e. The lowest BCUT2D eigenvalue weighted by Gasteiger charge is -2.27. The molecule has 1 amide bonds. The summed E-state index contributed by atoms with van der Waals surface area (Å²) in [6, 6.07) is 2.43. The van der Waals surface area contributed by atoms with Crippen LogP contribution in [0.2, 0.25) is 0 Å². The summed E-state index contributed by atoms with van der Waals surface area (Å²) in [6.45, 7) is 6.72. The third-order valence-electron chi connectivity index (χ3n) is 3.98. The number of halogens is 3. The van der Waals surface area contributed by atoms with Crippen molar-refractivity contribution in [2.24, 2.45) is 11.3 Å². The Morgan fingerprint density at radius 1 is 1.40 bits per heavy atom. The lowest BCUT2D eigenvalue weighted by Crippen LogP contribution is -2.48. The average Bonchev–Trinajstić information content (AvgIpc) is 2.90. The Balaban J connectivity index is 1.98. The van der Waals surface area contributed by atoms with Crippen LogP contribution in [0.25, 0.3) is 0 Å². The lowest BCUT2D eigenvalue weighted by atomic mass is 9.92. The highest BCUT2D eigenvalue weighted by Crippen LogP contribution is 2.31. The highest BCUT2D eigenvalue weighted by atomic mass is 19.4. The van der Waals surface area contributed by atoms with E-state index in [1.807, 2.05) is 6.92 Å². The molecule has 25 heavy (non-hydrogen) atoms. The van der Waals surface area contributed by atoms with Crippen molar-refractivity contribution in [2.75, 3.05) is 19.7 Å². The maximum atomic E-state index is 12.5. The molecule has 1 aromatic heterocycles. The van der Waals surface area contributed by atoms with Gasteiger partial charge in [0, 0.05) is 18.8 Å². The molecular formula is C16H22F3N3O3. The molecular weight excluding hydrogens is 339 g/mol.